The van der Waals surface area contributed by atoms with E-state index < -0.39 is 0 Å². The van der Waals surface area contributed by atoms with Gasteiger partial charge in [0, 0.05) is 23.5 Å². The van der Waals surface area contributed by atoms with Gasteiger partial charge in [0.1, 0.15) is 12.1 Å². The van der Waals surface area contributed by atoms with Crippen molar-refractivity contribution in [3.63, 3.8) is 0 Å². The van der Waals surface area contributed by atoms with Crippen LogP contribution in [0.25, 0.3) is 0 Å². The first-order valence-corrected chi connectivity index (χ1v) is 6.13. The summed E-state index contributed by atoms with van der Waals surface area (Å²) < 4.78 is 0. The number of rotatable bonds is 4. The minimum atomic E-state index is -0.0128. The largest absolute Gasteiger partial charge is 0.340 e. The number of hydrogen-bond donors (Lipinski definition) is 2. The fourth-order valence-corrected chi connectivity index (χ4v) is 1.81. The van der Waals surface area contributed by atoms with Crippen LogP contribution in [-0.4, -0.2) is 9.97 Å². The Morgan fingerprint density at radius 2 is 2.06 bits per heavy atom. The molecule has 0 fully saturated rings. The number of aryl methyl sites for hydroxylation is 1. The smallest absolute Gasteiger partial charge is 0.133 e. The Morgan fingerprint density at radius 1 is 1.28 bits per heavy atom. The third-order valence-corrected chi connectivity index (χ3v) is 2.80. The standard InChI is InChI=1S/C14H18N4/c1-3-11-8-14(17-9-16-11)18-13-7-5-4-6-12(13)10(2)15/h4-10H,3,15H2,1-2H3,(H,16,17,18). The second-order valence-electron chi connectivity index (χ2n) is 4.25. The molecule has 0 aliphatic rings. The van der Waals surface area contributed by atoms with Crippen molar-refractivity contribution in [1.29, 1.82) is 0 Å². The average Bonchev–Trinajstić information content (AvgIpc) is 2.39. The molecule has 4 heteroatoms. The molecular formula is C14H18N4. The predicted octanol–water partition coefficient (Wildman–Crippen LogP) is 2.80. The Hall–Kier alpha value is -1.94. The first kappa shape index (κ1) is 12.5. The molecular weight excluding hydrogens is 224 g/mol. The monoisotopic (exact) mass is 242 g/mol. The van der Waals surface area contributed by atoms with Gasteiger partial charge < -0.3 is 11.1 Å². The fraction of sp³-hybridized carbons (Fsp3) is 0.286. The zero-order valence-corrected chi connectivity index (χ0v) is 10.7. The Balaban J connectivity index is 2.28. The maximum Gasteiger partial charge on any atom is 0.133 e. The summed E-state index contributed by atoms with van der Waals surface area (Å²) >= 11 is 0. The van der Waals surface area contributed by atoms with E-state index in [9.17, 15) is 0 Å². The van der Waals surface area contributed by atoms with Gasteiger partial charge in [-0.15, -0.1) is 0 Å². The average molecular weight is 242 g/mol. The molecule has 0 aliphatic carbocycles. The summed E-state index contributed by atoms with van der Waals surface area (Å²) in [6, 6.07) is 9.94. The van der Waals surface area contributed by atoms with Crippen LogP contribution in [0.4, 0.5) is 11.5 Å². The number of aromatic nitrogens is 2. The van der Waals surface area contributed by atoms with E-state index in [-0.39, 0.29) is 6.04 Å². The van der Waals surface area contributed by atoms with Crippen LogP contribution in [0.1, 0.15) is 31.1 Å². The van der Waals surface area contributed by atoms with Gasteiger partial charge in [0.25, 0.3) is 0 Å². The zero-order chi connectivity index (χ0) is 13.0. The van der Waals surface area contributed by atoms with Crippen molar-refractivity contribution in [3.8, 4) is 0 Å². The van der Waals surface area contributed by atoms with Gasteiger partial charge in [-0.1, -0.05) is 25.1 Å². The Kier molecular flexibility index (Phi) is 3.89. The molecule has 0 saturated carbocycles. The summed E-state index contributed by atoms with van der Waals surface area (Å²) in [5.41, 5.74) is 9.04. The van der Waals surface area contributed by atoms with Crippen molar-refractivity contribution in [2.75, 3.05) is 5.32 Å². The van der Waals surface area contributed by atoms with Crippen LogP contribution in [0.15, 0.2) is 36.7 Å². The van der Waals surface area contributed by atoms with Crippen LogP contribution >= 0.6 is 0 Å². The third kappa shape index (κ3) is 2.84. The predicted molar refractivity (Wildman–Crippen MR) is 73.7 cm³/mol. The van der Waals surface area contributed by atoms with Gasteiger partial charge in [-0.2, -0.15) is 0 Å². The summed E-state index contributed by atoms with van der Waals surface area (Å²) in [6.45, 7) is 4.04. The lowest BCUT2D eigenvalue weighted by molar-refractivity contribution is 0.820. The highest BCUT2D eigenvalue weighted by atomic mass is 15.0. The summed E-state index contributed by atoms with van der Waals surface area (Å²) in [5, 5.41) is 3.30. The number of benzene rings is 1. The Morgan fingerprint density at radius 3 is 2.78 bits per heavy atom. The summed E-state index contributed by atoms with van der Waals surface area (Å²) in [7, 11) is 0. The molecule has 1 unspecified atom stereocenters. The van der Waals surface area contributed by atoms with Crippen LogP contribution in [-0.2, 0) is 6.42 Å². The van der Waals surface area contributed by atoms with E-state index in [0.29, 0.717) is 0 Å². The van der Waals surface area contributed by atoms with Crippen molar-refractivity contribution in [1.82, 2.24) is 9.97 Å². The van der Waals surface area contributed by atoms with Gasteiger partial charge in [-0.3, -0.25) is 0 Å². The summed E-state index contributed by atoms with van der Waals surface area (Å²) in [5.74, 6) is 0.801. The van der Waals surface area contributed by atoms with E-state index in [1.807, 2.05) is 37.3 Å². The lowest BCUT2D eigenvalue weighted by atomic mass is 10.1. The number of nitrogens with one attached hydrogen (secondary N) is 1. The zero-order valence-electron chi connectivity index (χ0n) is 10.7. The summed E-state index contributed by atoms with van der Waals surface area (Å²) in [4.78, 5) is 8.40. The second kappa shape index (κ2) is 5.60. The molecule has 1 atom stereocenters. The van der Waals surface area contributed by atoms with E-state index in [1.54, 1.807) is 6.33 Å². The van der Waals surface area contributed by atoms with Gasteiger partial charge in [-0.05, 0) is 25.0 Å². The number of hydrogen-bond acceptors (Lipinski definition) is 4. The van der Waals surface area contributed by atoms with Crippen molar-refractivity contribution < 1.29 is 0 Å². The third-order valence-electron chi connectivity index (χ3n) is 2.80. The highest BCUT2D eigenvalue weighted by Crippen LogP contribution is 2.23. The molecule has 1 heterocycles. The molecule has 18 heavy (non-hydrogen) atoms. The molecule has 94 valence electrons. The van der Waals surface area contributed by atoms with Crippen LogP contribution in [0.5, 0.6) is 0 Å². The van der Waals surface area contributed by atoms with E-state index in [2.05, 4.69) is 22.2 Å². The van der Waals surface area contributed by atoms with E-state index in [0.717, 1.165) is 29.2 Å². The molecule has 0 radical (unpaired) electrons. The molecule has 0 bridgehead atoms. The maximum atomic E-state index is 5.95. The van der Waals surface area contributed by atoms with E-state index >= 15 is 0 Å². The molecule has 2 rings (SSSR count). The fourth-order valence-electron chi connectivity index (χ4n) is 1.81. The van der Waals surface area contributed by atoms with Crippen LogP contribution in [0, 0.1) is 0 Å². The molecule has 0 saturated heterocycles. The number of nitrogens with zero attached hydrogens (tertiary/aromatic N) is 2. The second-order valence-corrected chi connectivity index (χ2v) is 4.25. The molecule has 1 aromatic carbocycles. The van der Waals surface area contributed by atoms with Crippen LogP contribution in [0.2, 0.25) is 0 Å². The quantitative estimate of drug-likeness (QED) is 0.865. The molecule has 3 N–H and O–H groups in total. The Bertz CT molecular complexity index is 523. The molecule has 4 nitrogen and oxygen atoms in total. The molecule has 1 aromatic heterocycles. The van der Waals surface area contributed by atoms with Crippen molar-refractivity contribution in [2.24, 2.45) is 5.73 Å². The van der Waals surface area contributed by atoms with Crippen LogP contribution < -0.4 is 11.1 Å². The lowest BCUT2D eigenvalue weighted by Crippen LogP contribution is -2.08. The lowest BCUT2D eigenvalue weighted by Gasteiger charge is -2.14. The number of anilines is 2. The van der Waals surface area contributed by atoms with E-state index in [1.165, 1.54) is 0 Å². The van der Waals surface area contributed by atoms with Crippen LogP contribution in [0.3, 0.4) is 0 Å². The van der Waals surface area contributed by atoms with Gasteiger partial charge in [0.2, 0.25) is 0 Å². The topological polar surface area (TPSA) is 63.8 Å². The molecule has 0 aliphatic heterocycles. The minimum Gasteiger partial charge on any atom is -0.340 e. The molecule has 0 amide bonds. The van der Waals surface area contributed by atoms with Gasteiger partial charge in [0.15, 0.2) is 0 Å². The maximum absolute atomic E-state index is 5.95. The highest BCUT2D eigenvalue weighted by molar-refractivity contribution is 5.61. The van der Waals surface area contributed by atoms with Crippen molar-refractivity contribution >= 4 is 11.5 Å². The SMILES string of the molecule is CCc1cc(Nc2ccccc2C(C)N)ncn1. The minimum absolute atomic E-state index is 0.0128. The molecule has 2 aromatic rings. The van der Waals surface area contributed by atoms with Crippen molar-refractivity contribution in [2.45, 2.75) is 26.3 Å². The van der Waals surface area contributed by atoms with Gasteiger partial charge in [-0.25, -0.2) is 9.97 Å². The summed E-state index contributed by atoms with van der Waals surface area (Å²) in [6.07, 6.45) is 2.47. The Labute approximate surface area is 107 Å². The highest BCUT2D eigenvalue weighted by Gasteiger charge is 2.06. The van der Waals surface area contributed by atoms with Gasteiger partial charge >= 0.3 is 0 Å². The van der Waals surface area contributed by atoms with Crippen molar-refractivity contribution in [3.05, 3.63) is 47.9 Å². The first-order chi connectivity index (χ1) is 8.70. The van der Waals surface area contributed by atoms with E-state index in [4.69, 9.17) is 5.73 Å². The van der Waals surface area contributed by atoms with Gasteiger partial charge in [0.05, 0.1) is 0 Å². The molecule has 0 spiro atoms. The number of para-hydroxylation sites is 1. The normalized spacial score (nSPS) is 12.2. The number of nitrogens with two attached hydrogens (primary N) is 1. The first-order valence-electron chi connectivity index (χ1n) is 6.13.